The van der Waals surface area contributed by atoms with Crippen LogP contribution in [0.15, 0.2) is 36.7 Å². The van der Waals surface area contributed by atoms with Crippen LogP contribution in [-0.4, -0.2) is 33.4 Å². The predicted octanol–water partition coefficient (Wildman–Crippen LogP) is -3.10. The number of H-pyrrole nitrogens is 1. The SMILES string of the molecule is COc1c(F)cccc1Nc1c2[nH]c3c1C(=O)NC[C@H]3[I-]C(=O)N[I-]Nc1cnccc1-2. The topological polar surface area (TPSA) is 120 Å². The summed E-state index contributed by atoms with van der Waals surface area (Å²) in [5.41, 5.74) is 4.21. The van der Waals surface area contributed by atoms with Gasteiger partial charge in [-0.25, -0.2) is 0 Å². The average Bonchev–Trinajstić information content (AvgIpc) is 3.15. The van der Waals surface area contributed by atoms with Crippen LogP contribution >= 0.6 is 0 Å². The molecule has 0 saturated heterocycles. The summed E-state index contributed by atoms with van der Waals surface area (Å²) in [7, 11) is 1.39. The van der Waals surface area contributed by atoms with Gasteiger partial charge in [0, 0.05) is 0 Å². The van der Waals surface area contributed by atoms with Gasteiger partial charge in [-0.15, -0.1) is 0 Å². The molecule has 168 valence electrons. The number of amides is 2. The number of benzene rings is 1. The Labute approximate surface area is 203 Å². The second-order valence-electron chi connectivity index (χ2n) is 6.87. The van der Waals surface area contributed by atoms with E-state index in [-0.39, 0.29) is 19.5 Å². The normalized spacial score (nSPS) is 17.8. The minimum absolute atomic E-state index is 0.0148. The molecule has 2 bridgehead atoms. The number of rotatable bonds is 3. The van der Waals surface area contributed by atoms with E-state index in [4.69, 9.17) is 4.74 Å². The Balaban J connectivity index is 1.75. The molecule has 32 heavy (non-hydrogen) atoms. The van der Waals surface area contributed by atoms with E-state index in [1.807, 2.05) is 6.07 Å². The second kappa shape index (κ2) is 8.73. The Bertz CT molecular complexity index is 1230. The van der Waals surface area contributed by atoms with Gasteiger partial charge >= 0.3 is 205 Å². The van der Waals surface area contributed by atoms with Gasteiger partial charge in [0.15, 0.2) is 0 Å². The van der Waals surface area contributed by atoms with Gasteiger partial charge in [0.1, 0.15) is 0 Å². The molecule has 9 nitrogen and oxygen atoms in total. The zero-order valence-electron chi connectivity index (χ0n) is 16.6. The number of aromatic nitrogens is 2. The van der Waals surface area contributed by atoms with Crippen LogP contribution in [0.25, 0.3) is 11.3 Å². The van der Waals surface area contributed by atoms with Crippen LogP contribution in [0, 0.1) is 5.82 Å². The number of alkyl halides is 1. The van der Waals surface area contributed by atoms with Crippen molar-refractivity contribution in [1.29, 1.82) is 0 Å². The quantitative estimate of drug-likeness (QED) is 0.0668. The number of pyridine rings is 1. The first-order chi connectivity index (χ1) is 15.6. The molecular formula is C20H17FI2N6O3-2. The summed E-state index contributed by atoms with van der Waals surface area (Å²) < 4.78 is 25.8. The second-order valence-corrected chi connectivity index (χ2v) is 11.6. The summed E-state index contributed by atoms with van der Waals surface area (Å²) in [4.78, 5) is 33.1. The zero-order valence-corrected chi connectivity index (χ0v) is 20.9. The van der Waals surface area contributed by atoms with E-state index < -0.39 is 48.8 Å². The van der Waals surface area contributed by atoms with Gasteiger partial charge in [0.2, 0.25) is 0 Å². The molecule has 2 aliphatic rings. The molecule has 0 spiro atoms. The number of methoxy groups -OCH3 is 1. The third-order valence-electron chi connectivity index (χ3n) is 5.03. The molecule has 5 N–H and O–H groups in total. The van der Waals surface area contributed by atoms with Crippen LogP contribution < -0.4 is 65.4 Å². The molecule has 0 unspecified atom stereocenters. The van der Waals surface area contributed by atoms with Gasteiger partial charge in [-0.05, 0) is 0 Å². The molecule has 0 fully saturated rings. The third kappa shape index (κ3) is 3.74. The van der Waals surface area contributed by atoms with Crippen LogP contribution in [0.1, 0.15) is 20.0 Å². The van der Waals surface area contributed by atoms with Crippen LogP contribution in [-0.2, 0) is 0 Å². The third-order valence-corrected chi connectivity index (χ3v) is 10.3. The summed E-state index contributed by atoms with van der Waals surface area (Å²) in [6.07, 6.45) is 3.34. The van der Waals surface area contributed by atoms with Crippen molar-refractivity contribution in [1.82, 2.24) is 18.8 Å². The first kappa shape index (κ1) is 21.2. The monoisotopic (exact) mass is 662 g/mol. The van der Waals surface area contributed by atoms with Gasteiger partial charge in [0.25, 0.3) is 0 Å². The average molecular weight is 662 g/mol. The summed E-state index contributed by atoms with van der Waals surface area (Å²) in [5, 5.41) is 6.13. The fraction of sp³-hybridized carbons (Fsp3) is 0.150. The van der Waals surface area contributed by atoms with Crippen molar-refractivity contribution in [3.05, 3.63) is 53.7 Å². The first-order valence-corrected chi connectivity index (χ1v) is 13.9. The van der Waals surface area contributed by atoms with Gasteiger partial charge in [-0.3, -0.25) is 0 Å². The van der Waals surface area contributed by atoms with Gasteiger partial charge < -0.3 is 0 Å². The van der Waals surface area contributed by atoms with Crippen molar-refractivity contribution >= 4 is 26.9 Å². The van der Waals surface area contributed by atoms with E-state index in [0.717, 1.165) is 11.3 Å². The summed E-state index contributed by atoms with van der Waals surface area (Å²) in [6, 6.07) is 6.40. The number of anilines is 3. The Morgan fingerprint density at radius 1 is 1.25 bits per heavy atom. The fourth-order valence-electron chi connectivity index (χ4n) is 3.67. The van der Waals surface area contributed by atoms with Crippen molar-refractivity contribution in [2.24, 2.45) is 0 Å². The van der Waals surface area contributed by atoms with E-state index in [9.17, 15) is 14.0 Å². The minimum atomic E-state index is -0.941. The number of hydrogen-bond donors (Lipinski definition) is 5. The molecule has 3 aromatic rings. The molecule has 5 rings (SSSR count). The number of hydrogen-bond acceptors (Lipinski definition) is 6. The number of nitrogens with one attached hydrogen (secondary N) is 5. The van der Waals surface area contributed by atoms with E-state index in [2.05, 4.69) is 27.7 Å². The van der Waals surface area contributed by atoms with E-state index >= 15 is 0 Å². The fourth-order valence-corrected chi connectivity index (χ4v) is 8.23. The first-order valence-electron chi connectivity index (χ1n) is 9.47. The van der Waals surface area contributed by atoms with Crippen LogP contribution in [0.4, 0.5) is 26.2 Å². The molecule has 0 radical (unpaired) electrons. The molecule has 2 amide bonds. The number of aromatic amines is 1. The number of fused-ring (bicyclic) bond motifs is 3. The van der Waals surface area contributed by atoms with E-state index in [1.165, 1.54) is 13.2 Å². The van der Waals surface area contributed by atoms with E-state index in [0.29, 0.717) is 34.9 Å². The number of ether oxygens (including phenoxy) is 1. The van der Waals surface area contributed by atoms with Gasteiger partial charge in [-0.1, -0.05) is 0 Å². The predicted molar refractivity (Wildman–Crippen MR) is 107 cm³/mol. The number of para-hydroxylation sites is 1. The van der Waals surface area contributed by atoms with Crippen molar-refractivity contribution in [3.8, 4) is 17.0 Å². The summed E-state index contributed by atoms with van der Waals surface area (Å²) >= 11 is -1.76. The summed E-state index contributed by atoms with van der Waals surface area (Å²) in [6.45, 7) is 0.393. The van der Waals surface area contributed by atoms with E-state index in [1.54, 1.807) is 24.5 Å². The number of nitrogens with zero attached hydrogens (tertiary/aromatic N) is 1. The maximum absolute atomic E-state index is 14.3. The van der Waals surface area contributed by atoms with Gasteiger partial charge in [0.05, 0.1) is 0 Å². The van der Waals surface area contributed by atoms with Crippen molar-refractivity contribution in [3.63, 3.8) is 0 Å². The van der Waals surface area contributed by atoms with Gasteiger partial charge in [-0.2, -0.15) is 0 Å². The van der Waals surface area contributed by atoms with Crippen molar-refractivity contribution < 1.29 is 61.7 Å². The molecule has 1 aromatic carbocycles. The number of carbonyl (C=O) groups excluding carboxylic acids is 2. The van der Waals surface area contributed by atoms with Crippen LogP contribution in [0.3, 0.4) is 0 Å². The molecule has 12 heteroatoms. The maximum atomic E-state index is 14.3. The van der Waals surface area contributed by atoms with Crippen LogP contribution in [0.2, 0.25) is 0 Å². The molecule has 4 heterocycles. The molecular weight excluding hydrogens is 645 g/mol. The molecule has 2 aromatic heterocycles. The van der Waals surface area contributed by atoms with Crippen molar-refractivity contribution in [2.75, 3.05) is 22.5 Å². The Kier molecular flexibility index (Phi) is 5.79. The Morgan fingerprint density at radius 3 is 2.97 bits per heavy atom. The molecule has 0 aliphatic carbocycles. The molecule has 1 atom stereocenters. The Hall–Kier alpha value is -2.62. The Morgan fingerprint density at radius 2 is 2.12 bits per heavy atom. The molecule has 0 saturated carbocycles. The zero-order chi connectivity index (χ0) is 22.2. The standard InChI is InChI=1S/C20H17FI2N6O3/c1-32-18-10(21)3-2-4-12(18)26-17-14-16-11(7-25-19(14)30)22-20(31)29-23-28-13-8-24-6-5-9(13)15(17)27-16/h2-6,8,11,26-28H,7H2,1H3,(H,25,30)(H,29,31)/q-2/t11-/m1/s1. The number of halogens is 3. The molecule has 2 aliphatic heterocycles. The van der Waals surface area contributed by atoms with Crippen molar-refractivity contribution in [2.45, 2.75) is 3.92 Å². The van der Waals surface area contributed by atoms with Crippen LogP contribution in [0.5, 0.6) is 5.75 Å². The number of carbonyl (C=O) groups is 2. The summed E-state index contributed by atoms with van der Waals surface area (Å²) in [5.74, 6) is -0.721.